The molecule has 0 bridgehead atoms. The van der Waals surface area contributed by atoms with Crippen molar-refractivity contribution in [2.24, 2.45) is 0 Å². The standard InChI is InChI=1S/C14H17N3O3/c1-4-17-14(15-9-16-17)8-12(18)11-6-5-10(19-2)7-13(11)20-3/h5-7,9H,4,8H2,1-3H3. The Morgan fingerprint density at radius 2 is 2.10 bits per heavy atom. The number of hydrogen-bond acceptors (Lipinski definition) is 5. The van der Waals surface area contributed by atoms with Crippen LogP contribution in [0.15, 0.2) is 24.5 Å². The fourth-order valence-corrected chi connectivity index (χ4v) is 1.96. The highest BCUT2D eigenvalue weighted by atomic mass is 16.5. The van der Waals surface area contributed by atoms with Gasteiger partial charge in [0.2, 0.25) is 0 Å². The minimum Gasteiger partial charge on any atom is -0.497 e. The second-order valence-corrected chi connectivity index (χ2v) is 4.16. The number of benzene rings is 1. The number of Topliss-reactive ketones (excluding diaryl/α,β-unsaturated/α-hetero) is 1. The Morgan fingerprint density at radius 1 is 1.30 bits per heavy atom. The SMILES string of the molecule is CCn1ncnc1CC(=O)c1ccc(OC)cc1OC. The Balaban J connectivity index is 2.25. The molecule has 1 aromatic heterocycles. The van der Waals surface area contributed by atoms with Crippen LogP contribution >= 0.6 is 0 Å². The molecule has 0 fully saturated rings. The molecule has 0 aliphatic heterocycles. The molecule has 6 nitrogen and oxygen atoms in total. The van der Waals surface area contributed by atoms with Gasteiger partial charge in [-0.2, -0.15) is 5.10 Å². The van der Waals surface area contributed by atoms with E-state index in [0.29, 0.717) is 29.4 Å². The molecule has 20 heavy (non-hydrogen) atoms. The molecule has 2 aromatic rings. The summed E-state index contributed by atoms with van der Waals surface area (Å²) >= 11 is 0. The summed E-state index contributed by atoms with van der Waals surface area (Å²) in [6.07, 6.45) is 1.65. The van der Waals surface area contributed by atoms with Crippen molar-refractivity contribution in [3.05, 3.63) is 35.9 Å². The third kappa shape index (κ3) is 2.79. The molecule has 0 amide bonds. The van der Waals surface area contributed by atoms with Crippen molar-refractivity contribution in [3.63, 3.8) is 0 Å². The van der Waals surface area contributed by atoms with Gasteiger partial charge in [0.15, 0.2) is 5.78 Å². The maximum Gasteiger partial charge on any atom is 0.174 e. The van der Waals surface area contributed by atoms with Crippen LogP contribution in [0.1, 0.15) is 23.1 Å². The van der Waals surface area contributed by atoms with E-state index in [0.717, 1.165) is 0 Å². The number of carbonyl (C=O) groups excluding carboxylic acids is 1. The van der Waals surface area contributed by atoms with Crippen LogP contribution in [-0.2, 0) is 13.0 Å². The maximum absolute atomic E-state index is 12.4. The third-order valence-corrected chi connectivity index (χ3v) is 3.02. The maximum atomic E-state index is 12.4. The van der Waals surface area contributed by atoms with E-state index in [1.807, 2.05) is 6.92 Å². The zero-order valence-corrected chi connectivity index (χ0v) is 11.8. The number of rotatable bonds is 6. The monoisotopic (exact) mass is 275 g/mol. The van der Waals surface area contributed by atoms with E-state index >= 15 is 0 Å². The second-order valence-electron chi connectivity index (χ2n) is 4.16. The first-order chi connectivity index (χ1) is 9.69. The van der Waals surface area contributed by atoms with Gasteiger partial charge in [-0.3, -0.25) is 4.79 Å². The van der Waals surface area contributed by atoms with Gasteiger partial charge in [-0.1, -0.05) is 0 Å². The summed E-state index contributed by atoms with van der Waals surface area (Å²) in [6, 6.07) is 5.13. The van der Waals surface area contributed by atoms with Crippen LogP contribution in [0.5, 0.6) is 11.5 Å². The van der Waals surface area contributed by atoms with Crippen molar-refractivity contribution in [2.75, 3.05) is 14.2 Å². The van der Waals surface area contributed by atoms with Crippen LogP contribution in [-0.4, -0.2) is 34.8 Å². The van der Waals surface area contributed by atoms with Crippen molar-refractivity contribution in [1.29, 1.82) is 0 Å². The smallest absolute Gasteiger partial charge is 0.174 e. The molecule has 1 heterocycles. The molecule has 0 aliphatic rings. The van der Waals surface area contributed by atoms with Crippen LogP contribution in [0.3, 0.4) is 0 Å². The fourth-order valence-electron chi connectivity index (χ4n) is 1.96. The molecule has 6 heteroatoms. The molecule has 0 saturated heterocycles. The summed E-state index contributed by atoms with van der Waals surface area (Å²) in [5.41, 5.74) is 0.513. The number of carbonyl (C=O) groups is 1. The number of ketones is 1. The average Bonchev–Trinajstić information content (AvgIpc) is 2.93. The molecule has 0 aliphatic carbocycles. The number of aryl methyl sites for hydroxylation is 1. The van der Waals surface area contributed by atoms with E-state index in [9.17, 15) is 4.79 Å². The lowest BCUT2D eigenvalue weighted by Crippen LogP contribution is -2.11. The predicted octanol–water partition coefficient (Wildman–Crippen LogP) is 1.74. The second kappa shape index (κ2) is 6.18. The van der Waals surface area contributed by atoms with Gasteiger partial charge in [0.1, 0.15) is 23.7 Å². The number of methoxy groups -OCH3 is 2. The van der Waals surface area contributed by atoms with Crippen LogP contribution < -0.4 is 9.47 Å². The van der Waals surface area contributed by atoms with Crippen molar-refractivity contribution in [3.8, 4) is 11.5 Å². The quantitative estimate of drug-likeness (QED) is 0.751. The largest absolute Gasteiger partial charge is 0.497 e. The summed E-state index contributed by atoms with van der Waals surface area (Å²) in [7, 11) is 3.10. The summed E-state index contributed by atoms with van der Waals surface area (Å²) in [6.45, 7) is 2.64. The van der Waals surface area contributed by atoms with E-state index in [2.05, 4.69) is 10.1 Å². The first-order valence-corrected chi connectivity index (χ1v) is 6.31. The molecule has 0 N–H and O–H groups in total. The van der Waals surface area contributed by atoms with Crippen molar-refractivity contribution in [1.82, 2.24) is 14.8 Å². The zero-order chi connectivity index (χ0) is 14.5. The molecule has 0 unspecified atom stereocenters. The van der Waals surface area contributed by atoms with Gasteiger partial charge >= 0.3 is 0 Å². The van der Waals surface area contributed by atoms with Crippen LogP contribution in [0, 0.1) is 0 Å². The van der Waals surface area contributed by atoms with Gasteiger partial charge in [0, 0.05) is 12.6 Å². The number of hydrogen-bond donors (Lipinski definition) is 0. The third-order valence-electron chi connectivity index (χ3n) is 3.02. The highest BCUT2D eigenvalue weighted by Crippen LogP contribution is 2.25. The molecular formula is C14H17N3O3. The molecule has 0 saturated carbocycles. The summed E-state index contributed by atoms with van der Waals surface area (Å²) in [4.78, 5) is 16.5. The Morgan fingerprint density at radius 3 is 2.75 bits per heavy atom. The van der Waals surface area contributed by atoms with Crippen molar-refractivity contribution >= 4 is 5.78 Å². The molecule has 0 atom stereocenters. The van der Waals surface area contributed by atoms with E-state index in [-0.39, 0.29) is 12.2 Å². The molecule has 2 rings (SSSR count). The summed E-state index contributed by atoms with van der Waals surface area (Å²) < 4.78 is 12.1. The Hall–Kier alpha value is -2.37. The molecule has 1 aromatic carbocycles. The predicted molar refractivity (Wildman–Crippen MR) is 73.3 cm³/mol. The van der Waals surface area contributed by atoms with E-state index < -0.39 is 0 Å². The number of ether oxygens (including phenoxy) is 2. The Kier molecular flexibility index (Phi) is 4.34. The summed E-state index contributed by atoms with van der Waals surface area (Å²) in [5.74, 6) is 1.73. The molecule has 0 spiro atoms. The van der Waals surface area contributed by atoms with Gasteiger partial charge < -0.3 is 9.47 Å². The Labute approximate surface area is 117 Å². The highest BCUT2D eigenvalue weighted by molar-refractivity contribution is 5.99. The fraction of sp³-hybridized carbons (Fsp3) is 0.357. The minimum atomic E-state index is -0.0628. The molecular weight excluding hydrogens is 258 g/mol. The van der Waals surface area contributed by atoms with Crippen LogP contribution in [0.4, 0.5) is 0 Å². The first-order valence-electron chi connectivity index (χ1n) is 6.31. The van der Waals surface area contributed by atoms with Gasteiger partial charge in [-0.15, -0.1) is 0 Å². The zero-order valence-electron chi connectivity index (χ0n) is 11.8. The van der Waals surface area contributed by atoms with Gasteiger partial charge in [-0.25, -0.2) is 9.67 Å². The number of nitrogens with zero attached hydrogens (tertiary/aromatic N) is 3. The van der Waals surface area contributed by atoms with E-state index in [1.54, 1.807) is 30.0 Å². The normalized spacial score (nSPS) is 10.3. The van der Waals surface area contributed by atoms with Crippen LogP contribution in [0.2, 0.25) is 0 Å². The molecule has 106 valence electrons. The van der Waals surface area contributed by atoms with Gasteiger partial charge in [0.05, 0.1) is 26.2 Å². The number of aromatic nitrogens is 3. The topological polar surface area (TPSA) is 66.2 Å². The minimum absolute atomic E-state index is 0.0628. The summed E-state index contributed by atoms with van der Waals surface area (Å²) in [5, 5.41) is 4.05. The first kappa shape index (κ1) is 14.0. The lowest BCUT2D eigenvalue weighted by atomic mass is 10.1. The van der Waals surface area contributed by atoms with E-state index in [1.165, 1.54) is 13.4 Å². The van der Waals surface area contributed by atoms with Crippen LogP contribution in [0.25, 0.3) is 0 Å². The molecule has 0 radical (unpaired) electrons. The van der Waals surface area contributed by atoms with Gasteiger partial charge in [0.25, 0.3) is 0 Å². The average molecular weight is 275 g/mol. The van der Waals surface area contributed by atoms with Crippen molar-refractivity contribution in [2.45, 2.75) is 19.9 Å². The van der Waals surface area contributed by atoms with Gasteiger partial charge in [-0.05, 0) is 19.1 Å². The lowest BCUT2D eigenvalue weighted by Gasteiger charge is -2.09. The van der Waals surface area contributed by atoms with E-state index in [4.69, 9.17) is 9.47 Å². The lowest BCUT2D eigenvalue weighted by molar-refractivity contribution is 0.0986. The Bertz CT molecular complexity index is 607. The highest BCUT2D eigenvalue weighted by Gasteiger charge is 2.16. The van der Waals surface area contributed by atoms with Crippen molar-refractivity contribution < 1.29 is 14.3 Å².